The van der Waals surface area contributed by atoms with Crippen molar-refractivity contribution in [3.05, 3.63) is 17.5 Å². The highest BCUT2D eigenvalue weighted by Gasteiger charge is 2.36. The van der Waals surface area contributed by atoms with E-state index in [2.05, 4.69) is 25.7 Å². The number of piperazine rings is 1. The van der Waals surface area contributed by atoms with Crippen LogP contribution in [0.15, 0.2) is 6.07 Å². The highest BCUT2D eigenvalue weighted by atomic mass is 16.2. The molecule has 0 aromatic carbocycles. The average Bonchev–Trinajstić information content (AvgIpc) is 3.19. The third kappa shape index (κ3) is 3.90. The van der Waals surface area contributed by atoms with Crippen LogP contribution in [0.1, 0.15) is 43.5 Å². The van der Waals surface area contributed by atoms with Crippen LogP contribution in [-0.2, 0) is 16.1 Å². The van der Waals surface area contributed by atoms with Gasteiger partial charge in [0.25, 0.3) is 0 Å². The van der Waals surface area contributed by atoms with E-state index in [0.29, 0.717) is 19.1 Å². The molecule has 1 aliphatic heterocycles. The molecule has 2 amide bonds. The third-order valence-corrected chi connectivity index (χ3v) is 4.77. The van der Waals surface area contributed by atoms with Crippen molar-refractivity contribution in [2.24, 2.45) is 0 Å². The number of hydrogen-bond acceptors (Lipinski definition) is 4. The standard InChI is InChI=1S/C16H25N5O2/c1-11-8-12(20-19-11)10-18-15(22)9-14-16(23)17-6-7-21(14)13-4-2-3-5-13/h8,13-14H,2-7,9-10H2,1H3,(H,17,23)(H,18,22)(H,19,20). The van der Waals surface area contributed by atoms with Gasteiger partial charge in [-0.1, -0.05) is 12.8 Å². The Hall–Kier alpha value is -1.89. The molecule has 7 nitrogen and oxygen atoms in total. The Labute approximate surface area is 136 Å². The molecule has 126 valence electrons. The Balaban J connectivity index is 1.56. The summed E-state index contributed by atoms with van der Waals surface area (Å²) in [6.07, 6.45) is 4.93. The number of carbonyl (C=O) groups is 2. The van der Waals surface area contributed by atoms with E-state index >= 15 is 0 Å². The molecule has 7 heteroatoms. The number of nitrogens with zero attached hydrogens (tertiary/aromatic N) is 2. The van der Waals surface area contributed by atoms with Crippen molar-refractivity contribution in [1.82, 2.24) is 25.7 Å². The molecule has 1 aromatic rings. The highest BCUT2D eigenvalue weighted by Crippen LogP contribution is 2.26. The molecule has 1 aromatic heterocycles. The van der Waals surface area contributed by atoms with Gasteiger partial charge >= 0.3 is 0 Å². The SMILES string of the molecule is Cc1cc(CNC(=O)CC2C(=O)NCCN2C2CCCC2)n[nH]1. The van der Waals surface area contributed by atoms with Crippen molar-refractivity contribution < 1.29 is 9.59 Å². The molecule has 3 N–H and O–H groups in total. The van der Waals surface area contributed by atoms with E-state index in [1.165, 1.54) is 12.8 Å². The molecule has 1 unspecified atom stereocenters. The summed E-state index contributed by atoms with van der Waals surface area (Å²) in [6, 6.07) is 2.01. The van der Waals surface area contributed by atoms with Crippen molar-refractivity contribution in [1.29, 1.82) is 0 Å². The van der Waals surface area contributed by atoms with Crippen LogP contribution in [0.2, 0.25) is 0 Å². The maximum atomic E-state index is 12.2. The smallest absolute Gasteiger partial charge is 0.237 e. The van der Waals surface area contributed by atoms with Crippen LogP contribution in [-0.4, -0.2) is 52.1 Å². The minimum Gasteiger partial charge on any atom is -0.353 e. The second-order valence-corrected chi connectivity index (χ2v) is 6.51. The van der Waals surface area contributed by atoms with Gasteiger partial charge in [0.2, 0.25) is 11.8 Å². The Morgan fingerprint density at radius 1 is 1.43 bits per heavy atom. The van der Waals surface area contributed by atoms with E-state index in [4.69, 9.17) is 0 Å². The maximum absolute atomic E-state index is 12.2. The van der Waals surface area contributed by atoms with E-state index in [9.17, 15) is 9.59 Å². The zero-order valence-corrected chi connectivity index (χ0v) is 13.6. The predicted molar refractivity (Wildman–Crippen MR) is 85.5 cm³/mol. The molecular weight excluding hydrogens is 294 g/mol. The molecule has 2 heterocycles. The second-order valence-electron chi connectivity index (χ2n) is 6.51. The van der Waals surface area contributed by atoms with Gasteiger partial charge in [0.15, 0.2) is 0 Å². The minimum atomic E-state index is -0.340. The number of rotatable bonds is 5. The van der Waals surface area contributed by atoms with Crippen LogP contribution in [0.5, 0.6) is 0 Å². The lowest BCUT2D eigenvalue weighted by molar-refractivity contribution is -0.135. The summed E-state index contributed by atoms with van der Waals surface area (Å²) in [5.41, 5.74) is 1.77. The fourth-order valence-corrected chi connectivity index (χ4v) is 3.62. The van der Waals surface area contributed by atoms with Crippen LogP contribution in [0, 0.1) is 6.92 Å². The molecule has 1 aliphatic carbocycles. The van der Waals surface area contributed by atoms with Crippen molar-refractivity contribution in [3.8, 4) is 0 Å². The van der Waals surface area contributed by atoms with Gasteiger partial charge in [0, 0.05) is 24.8 Å². The van der Waals surface area contributed by atoms with E-state index in [1.54, 1.807) is 0 Å². The normalized spacial score (nSPS) is 23.0. The first-order valence-electron chi connectivity index (χ1n) is 8.44. The lowest BCUT2D eigenvalue weighted by Crippen LogP contribution is -2.59. The van der Waals surface area contributed by atoms with Crippen LogP contribution < -0.4 is 10.6 Å². The Kier molecular flexibility index (Phi) is 4.95. The van der Waals surface area contributed by atoms with E-state index in [1.807, 2.05) is 13.0 Å². The molecule has 2 aliphatic rings. The lowest BCUT2D eigenvalue weighted by Gasteiger charge is -2.38. The molecule has 2 fully saturated rings. The van der Waals surface area contributed by atoms with E-state index in [-0.39, 0.29) is 24.3 Å². The summed E-state index contributed by atoms with van der Waals surface area (Å²) in [4.78, 5) is 26.7. The number of carbonyl (C=O) groups excluding carboxylic acids is 2. The largest absolute Gasteiger partial charge is 0.353 e. The molecule has 1 saturated carbocycles. The number of H-pyrrole nitrogens is 1. The van der Waals surface area contributed by atoms with E-state index in [0.717, 1.165) is 30.8 Å². The number of aromatic nitrogens is 2. The number of aryl methyl sites for hydroxylation is 1. The van der Waals surface area contributed by atoms with Crippen molar-refractivity contribution >= 4 is 11.8 Å². The third-order valence-electron chi connectivity index (χ3n) is 4.77. The molecule has 1 atom stereocenters. The highest BCUT2D eigenvalue weighted by molar-refractivity contribution is 5.88. The lowest BCUT2D eigenvalue weighted by atomic mass is 10.0. The van der Waals surface area contributed by atoms with Gasteiger partial charge in [-0.15, -0.1) is 0 Å². The van der Waals surface area contributed by atoms with Crippen LogP contribution in [0.3, 0.4) is 0 Å². The zero-order valence-electron chi connectivity index (χ0n) is 13.6. The van der Waals surface area contributed by atoms with Gasteiger partial charge in [-0.05, 0) is 25.8 Å². The van der Waals surface area contributed by atoms with Crippen LogP contribution in [0.25, 0.3) is 0 Å². The zero-order chi connectivity index (χ0) is 16.2. The van der Waals surface area contributed by atoms with Gasteiger partial charge in [0.1, 0.15) is 0 Å². The second kappa shape index (κ2) is 7.12. The fourth-order valence-electron chi connectivity index (χ4n) is 3.62. The van der Waals surface area contributed by atoms with Crippen LogP contribution in [0.4, 0.5) is 0 Å². The summed E-state index contributed by atoms with van der Waals surface area (Å²) in [5, 5.41) is 12.7. The topological polar surface area (TPSA) is 90.1 Å². The summed E-state index contributed by atoms with van der Waals surface area (Å²) in [7, 11) is 0. The number of hydrogen-bond donors (Lipinski definition) is 3. The predicted octanol–water partition coefficient (Wildman–Crippen LogP) is 0.467. The Bertz CT molecular complexity index is 565. The number of aromatic amines is 1. The fraction of sp³-hybridized carbons (Fsp3) is 0.688. The Morgan fingerprint density at radius 3 is 2.91 bits per heavy atom. The first kappa shape index (κ1) is 16.0. The summed E-state index contributed by atoms with van der Waals surface area (Å²) in [6.45, 7) is 3.83. The van der Waals surface area contributed by atoms with Gasteiger partial charge < -0.3 is 10.6 Å². The molecular formula is C16H25N5O2. The molecule has 23 heavy (non-hydrogen) atoms. The van der Waals surface area contributed by atoms with Crippen molar-refractivity contribution in [2.75, 3.05) is 13.1 Å². The van der Waals surface area contributed by atoms with Crippen molar-refractivity contribution in [3.63, 3.8) is 0 Å². The van der Waals surface area contributed by atoms with Gasteiger partial charge in [-0.25, -0.2) is 0 Å². The summed E-state index contributed by atoms with van der Waals surface area (Å²) < 4.78 is 0. The number of amides is 2. The molecule has 0 spiro atoms. The minimum absolute atomic E-state index is 0.0195. The van der Waals surface area contributed by atoms with Crippen LogP contribution >= 0.6 is 0 Å². The maximum Gasteiger partial charge on any atom is 0.237 e. The van der Waals surface area contributed by atoms with Crippen molar-refractivity contribution in [2.45, 2.75) is 57.7 Å². The number of nitrogens with one attached hydrogen (secondary N) is 3. The van der Waals surface area contributed by atoms with Gasteiger partial charge in [0.05, 0.1) is 24.7 Å². The van der Waals surface area contributed by atoms with E-state index < -0.39 is 0 Å². The van der Waals surface area contributed by atoms with Gasteiger partial charge in [-0.2, -0.15) is 5.10 Å². The monoisotopic (exact) mass is 319 g/mol. The molecule has 0 bridgehead atoms. The quantitative estimate of drug-likeness (QED) is 0.736. The van der Waals surface area contributed by atoms with Gasteiger partial charge in [-0.3, -0.25) is 19.6 Å². The summed E-state index contributed by atoms with van der Waals surface area (Å²) in [5.74, 6) is -0.121. The molecule has 1 saturated heterocycles. The summed E-state index contributed by atoms with van der Waals surface area (Å²) >= 11 is 0. The Morgan fingerprint density at radius 2 is 2.22 bits per heavy atom. The molecule has 0 radical (unpaired) electrons. The first-order chi connectivity index (χ1) is 11.1. The molecule has 3 rings (SSSR count). The average molecular weight is 319 g/mol. The first-order valence-corrected chi connectivity index (χ1v) is 8.44.